The van der Waals surface area contributed by atoms with Crippen molar-refractivity contribution in [3.8, 4) is 0 Å². The highest BCUT2D eigenvalue weighted by molar-refractivity contribution is 6.40. The van der Waals surface area contributed by atoms with E-state index in [1.807, 2.05) is 6.92 Å². The summed E-state index contributed by atoms with van der Waals surface area (Å²) in [5.41, 5.74) is -1.97. The molecule has 0 aliphatic rings. The normalized spacial score (nSPS) is 12.0. The molecule has 0 unspecified atom stereocenters. The van der Waals surface area contributed by atoms with Crippen LogP contribution in [0.4, 0.5) is 5.95 Å². The molecule has 11 nitrogen and oxygen atoms in total. The molecule has 0 aliphatic carbocycles. The SMILES string of the molecule is CCOCC(=O)C(C)(C)NCCCNC(C)(C)C(=O)C(=O)n1ccnc1[N+](=O)[O-]. The van der Waals surface area contributed by atoms with E-state index >= 15 is 0 Å². The molecule has 0 atom stereocenters. The van der Waals surface area contributed by atoms with Gasteiger partial charge in [-0.15, -0.1) is 0 Å². The van der Waals surface area contributed by atoms with Gasteiger partial charge in [0, 0.05) is 6.61 Å². The average molecular weight is 411 g/mol. The van der Waals surface area contributed by atoms with Gasteiger partial charge >= 0.3 is 11.9 Å². The van der Waals surface area contributed by atoms with E-state index in [9.17, 15) is 24.5 Å². The van der Waals surface area contributed by atoms with E-state index < -0.39 is 33.6 Å². The van der Waals surface area contributed by atoms with Crippen LogP contribution in [0.3, 0.4) is 0 Å². The Kier molecular flexibility index (Phi) is 8.74. The van der Waals surface area contributed by atoms with Gasteiger partial charge in [0.05, 0.1) is 11.1 Å². The number of carbonyl (C=O) groups excluding carboxylic acids is 3. The quantitative estimate of drug-likeness (QED) is 0.208. The molecule has 162 valence electrons. The number of aromatic nitrogens is 2. The summed E-state index contributed by atoms with van der Waals surface area (Å²) >= 11 is 0. The molecular weight excluding hydrogens is 382 g/mol. The second kappa shape index (κ2) is 10.3. The number of nitrogens with one attached hydrogen (secondary N) is 2. The summed E-state index contributed by atoms with van der Waals surface area (Å²) in [6.45, 7) is 9.81. The van der Waals surface area contributed by atoms with E-state index in [-0.39, 0.29) is 12.4 Å². The minimum atomic E-state index is -1.23. The van der Waals surface area contributed by atoms with Crippen LogP contribution in [0.15, 0.2) is 12.4 Å². The molecule has 0 amide bonds. The van der Waals surface area contributed by atoms with E-state index in [1.54, 1.807) is 13.8 Å². The molecule has 0 radical (unpaired) electrons. The average Bonchev–Trinajstić information content (AvgIpc) is 3.14. The van der Waals surface area contributed by atoms with Gasteiger partial charge in [-0.25, -0.2) is 4.79 Å². The van der Waals surface area contributed by atoms with Crippen LogP contribution in [0, 0.1) is 10.1 Å². The van der Waals surface area contributed by atoms with E-state index in [0.29, 0.717) is 30.7 Å². The Morgan fingerprint density at radius 2 is 1.76 bits per heavy atom. The highest BCUT2D eigenvalue weighted by Crippen LogP contribution is 2.12. The number of nitro groups is 1. The molecule has 1 aromatic heterocycles. The van der Waals surface area contributed by atoms with Gasteiger partial charge in [-0.05, 0) is 59.1 Å². The van der Waals surface area contributed by atoms with Crippen molar-refractivity contribution in [3.05, 3.63) is 22.5 Å². The fourth-order valence-electron chi connectivity index (χ4n) is 2.41. The van der Waals surface area contributed by atoms with E-state index in [4.69, 9.17) is 4.74 Å². The number of hydrogen-bond donors (Lipinski definition) is 2. The van der Waals surface area contributed by atoms with E-state index in [2.05, 4.69) is 15.6 Å². The number of carbonyl (C=O) groups is 3. The van der Waals surface area contributed by atoms with Gasteiger partial charge in [-0.2, -0.15) is 4.57 Å². The fourth-order valence-corrected chi connectivity index (χ4v) is 2.41. The topological polar surface area (TPSA) is 145 Å². The number of ether oxygens (including phenoxy) is 1. The molecule has 0 fully saturated rings. The van der Waals surface area contributed by atoms with Crippen molar-refractivity contribution >= 4 is 23.4 Å². The first-order valence-electron chi connectivity index (χ1n) is 9.32. The summed E-state index contributed by atoms with van der Waals surface area (Å²) in [5.74, 6) is -2.62. The minimum absolute atomic E-state index is 0.0405. The lowest BCUT2D eigenvalue weighted by Crippen LogP contribution is -2.52. The molecule has 29 heavy (non-hydrogen) atoms. The van der Waals surface area contributed by atoms with Gasteiger partial charge in [0.15, 0.2) is 5.78 Å². The Bertz CT molecular complexity index is 756. The van der Waals surface area contributed by atoms with Crippen LogP contribution in [0.1, 0.15) is 45.8 Å². The maximum absolute atomic E-state index is 12.5. The third kappa shape index (κ3) is 6.80. The lowest BCUT2D eigenvalue weighted by molar-refractivity contribution is -0.395. The summed E-state index contributed by atoms with van der Waals surface area (Å²) in [6, 6.07) is 0. The second-order valence-electron chi connectivity index (χ2n) is 7.51. The zero-order chi connectivity index (χ0) is 22.2. The lowest BCUT2D eigenvalue weighted by atomic mass is 9.98. The van der Waals surface area contributed by atoms with Crippen LogP contribution in [-0.4, -0.2) is 69.3 Å². The molecule has 1 heterocycles. The Morgan fingerprint density at radius 3 is 2.31 bits per heavy atom. The van der Waals surface area contributed by atoms with Crippen molar-refractivity contribution in [1.29, 1.82) is 0 Å². The molecule has 1 rings (SSSR count). The van der Waals surface area contributed by atoms with Crippen LogP contribution < -0.4 is 10.6 Å². The van der Waals surface area contributed by atoms with Crippen LogP contribution in [0.2, 0.25) is 0 Å². The van der Waals surface area contributed by atoms with E-state index in [0.717, 1.165) is 12.4 Å². The predicted molar refractivity (Wildman–Crippen MR) is 105 cm³/mol. The minimum Gasteiger partial charge on any atom is -0.390 e. The third-order valence-corrected chi connectivity index (χ3v) is 4.39. The fraction of sp³-hybridized carbons (Fsp3) is 0.667. The van der Waals surface area contributed by atoms with Gasteiger partial charge in [-0.3, -0.25) is 9.59 Å². The highest BCUT2D eigenvalue weighted by Gasteiger charge is 2.37. The Balaban J connectivity index is 2.53. The number of imidazole rings is 1. The Morgan fingerprint density at radius 1 is 1.17 bits per heavy atom. The van der Waals surface area contributed by atoms with Gasteiger partial charge in [0.2, 0.25) is 0 Å². The van der Waals surface area contributed by atoms with Crippen LogP contribution in [0.25, 0.3) is 0 Å². The van der Waals surface area contributed by atoms with Crippen molar-refractivity contribution < 1.29 is 24.0 Å². The monoisotopic (exact) mass is 411 g/mol. The highest BCUT2D eigenvalue weighted by atomic mass is 16.6. The first kappa shape index (κ1) is 24.5. The van der Waals surface area contributed by atoms with Gasteiger partial charge < -0.3 is 25.5 Å². The third-order valence-electron chi connectivity index (χ3n) is 4.39. The molecule has 0 saturated heterocycles. The molecule has 0 bridgehead atoms. The molecule has 0 aromatic carbocycles. The van der Waals surface area contributed by atoms with Crippen LogP contribution in [0.5, 0.6) is 0 Å². The predicted octanol–water partition coefficient (Wildman–Crippen LogP) is 0.733. The molecule has 0 aliphatic heterocycles. The van der Waals surface area contributed by atoms with Gasteiger partial charge in [0.25, 0.3) is 5.78 Å². The lowest BCUT2D eigenvalue weighted by Gasteiger charge is -2.26. The van der Waals surface area contributed by atoms with Gasteiger partial charge in [-0.1, -0.05) is 4.98 Å². The van der Waals surface area contributed by atoms with Crippen molar-refractivity contribution in [2.75, 3.05) is 26.3 Å². The molecule has 11 heteroatoms. The summed E-state index contributed by atoms with van der Waals surface area (Å²) in [4.78, 5) is 50.4. The maximum atomic E-state index is 12.5. The van der Waals surface area contributed by atoms with Crippen molar-refractivity contribution in [2.24, 2.45) is 0 Å². The number of rotatable bonds is 13. The van der Waals surface area contributed by atoms with Crippen LogP contribution in [-0.2, 0) is 14.3 Å². The number of hydrogen-bond acceptors (Lipinski definition) is 9. The molecular formula is C18H29N5O6. The van der Waals surface area contributed by atoms with Gasteiger partial charge in [0.1, 0.15) is 19.0 Å². The maximum Gasteiger partial charge on any atom is 0.442 e. The zero-order valence-corrected chi connectivity index (χ0v) is 17.5. The summed E-state index contributed by atoms with van der Waals surface area (Å²) in [5, 5.41) is 17.0. The number of nitrogens with zero attached hydrogens (tertiary/aromatic N) is 3. The number of Topliss-reactive ketones (excluding diaryl/α,β-unsaturated/α-hetero) is 2. The zero-order valence-electron chi connectivity index (χ0n) is 17.5. The summed E-state index contributed by atoms with van der Waals surface area (Å²) in [7, 11) is 0. The van der Waals surface area contributed by atoms with Crippen LogP contribution >= 0.6 is 0 Å². The molecule has 0 saturated carbocycles. The second-order valence-corrected chi connectivity index (χ2v) is 7.51. The van der Waals surface area contributed by atoms with Crippen molar-refractivity contribution in [1.82, 2.24) is 20.2 Å². The first-order valence-corrected chi connectivity index (χ1v) is 9.32. The Labute approximate surface area is 169 Å². The smallest absolute Gasteiger partial charge is 0.390 e. The van der Waals surface area contributed by atoms with Crippen molar-refractivity contribution in [3.63, 3.8) is 0 Å². The summed E-state index contributed by atoms with van der Waals surface area (Å²) < 4.78 is 5.76. The first-order chi connectivity index (χ1) is 13.4. The largest absolute Gasteiger partial charge is 0.442 e. The molecule has 1 aromatic rings. The van der Waals surface area contributed by atoms with Crippen molar-refractivity contribution in [2.45, 2.75) is 52.1 Å². The number of ketones is 2. The molecule has 2 N–H and O–H groups in total. The standard InChI is InChI=1S/C18H29N5O6/c1-6-29-12-13(24)17(2,3)20-8-7-9-21-18(4,5)14(25)15(26)22-11-10-19-16(22)23(27)28/h10-11,20-21H,6-9,12H2,1-5H3. The Hall–Kier alpha value is -2.50. The molecule has 0 spiro atoms. The van der Waals surface area contributed by atoms with E-state index in [1.165, 1.54) is 13.8 Å². The summed E-state index contributed by atoms with van der Waals surface area (Å²) in [6.07, 6.45) is 2.76.